The summed E-state index contributed by atoms with van der Waals surface area (Å²) in [6, 6.07) is 8.43. The monoisotopic (exact) mass is 431 g/mol. The van der Waals surface area contributed by atoms with Crippen molar-refractivity contribution in [3.05, 3.63) is 52.1 Å². The van der Waals surface area contributed by atoms with E-state index in [0.29, 0.717) is 11.4 Å². The van der Waals surface area contributed by atoms with Crippen molar-refractivity contribution in [1.82, 2.24) is 0 Å². The van der Waals surface area contributed by atoms with Crippen LogP contribution in [0.5, 0.6) is 11.5 Å². The first kappa shape index (κ1) is 23.1. The van der Waals surface area contributed by atoms with Gasteiger partial charge in [0.2, 0.25) is 5.91 Å². The molecule has 0 fully saturated rings. The first-order chi connectivity index (χ1) is 14.7. The minimum Gasteiger partial charge on any atom is -0.493 e. The van der Waals surface area contributed by atoms with Gasteiger partial charge in [-0.05, 0) is 31.2 Å². The Bertz CT molecular complexity index is 1000. The van der Waals surface area contributed by atoms with Crippen molar-refractivity contribution >= 4 is 34.8 Å². The van der Waals surface area contributed by atoms with Crippen molar-refractivity contribution in [2.45, 2.75) is 20.0 Å². The number of hydrogen-bond acceptors (Lipinski definition) is 8. The maximum Gasteiger partial charge on any atom is 0.346 e. The maximum absolute atomic E-state index is 12.5. The van der Waals surface area contributed by atoms with Gasteiger partial charge in [-0.1, -0.05) is 0 Å². The number of anilines is 2. The Labute approximate surface area is 177 Å². The van der Waals surface area contributed by atoms with Crippen LogP contribution < -0.4 is 20.1 Å². The molecule has 2 N–H and O–H groups in total. The number of rotatable bonds is 8. The molecule has 0 aliphatic carbocycles. The molecule has 0 bridgehead atoms. The second-order valence-electron chi connectivity index (χ2n) is 6.28. The molecule has 2 rings (SSSR count). The third kappa shape index (κ3) is 5.92. The van der Waals surface area contributed by atoms with E-state index in [9.17, 15) is 24.5 Å². The first-order valence-corrected chi connectivity index (χ1v) is 8.96. The largest absolute Gasteiger partial charge is 0.493 e. The fraction of sp³-hybridized carbons (Fsp3) is 0.250. The summed E-state index contributed by atoms with van der Waals surface area (Å²) in [5.41, 5.74) is 0.00983. The second-order valence-corrected chi connectivity index (χ2v) is 6.28. The van der Waals surface area contributed by atoms with Gasteiger partial charge in [-0.2, -0.15) is 0 Å². The lowest BCUT2D eigenvalue weighted by Gasteiger charge is -2.15. The molecule has 1 atom stereocenters. The number of benzene rings is 2. The number of amides is 2. The molecule has 31 heavy (non-hydrogen) atoms. The van der Waals surface area contributed by atoms with Gasteiger partial charge in [0.25, 0.3) is 11.6 Å². The number of methoxy groups -OCH3 is 2. The highest BCUT2D eigenvalue weighted by Crippen LogP contribution is 2.35. The third-order valence-corrected chi connectivity index (χ3v) is 4.04. The Hall–Kier alpha value is -4.15. The maximum atomic E-state index is 12.5. The van der Waals surface area contributed by atoms with Crippen LogP contribution in [0.2, 0.25) is 0 Å². The number of nitrogens with one attached hydrogen (secondary N) is 2. The van der Waals surface area contributed by atoms with E-state index in [2.05, 4.69) is 10.6 Å². The molecule has 2 amide bonds. The molecular formula is C20H21N3O8. The number of hydrogen-bond donors (Lipinski definition) is 2. The summed E-state index contributed by atoms with van der Waals surface area (Å²) in [4.78, 5) is 46.5. The van der Waals surface area contributed by atoms with E-state index in [1.54, 1.807) is 24.3 Å². The van der Waals surface area contributed by atoms with Crippen molar-refractivity contribution < 1.29 is 33.5 Å². The van der Waals surface area contributed by atoms with Crippen LogP contribution in [-0.4, -0.2) is 43.0 Å². The van der Waals surface area contributed by atoms with E-state index in [1.807, 2.05) is 0 Å². The Morgan fingerprint density at radius 3 is 1.97 bits per heavy atom. The summed E-state index contributed by atoms with van der Waals surface area (Å²) >= 11 is 0. The second kappa shape index (κ2) is 10.1. The van der Waals surface area contributed by atoms with Gasteiger partial charge in [-0.15, -0.1) is 0 Å². The SMILES string of the molecule is COc1cc(C(=O)OC(C)C(=O)Nc2ccc(NC(C)=O)cc2)c([N+](=O)[O-])cc1OC. The predicted octanol–water partition coefficient (Wildman–Crippen LogP) is 2.75. The standard InChI is InChI=1S/C20H21N3O8/c1-11(19(25)22-14-7-5-13(6-8-14)21-12(2)24)31-20(26)15-9-17(29-3)18(30-4)10-16(15)23(27)28/h5-11H,1-4H3,(H,21,24)(H,22,25). The number of carbonyl (C=O) groups is 3. The summed E-state index contributed by atoms with van der Waals surface area (Å²) in [5.74, 6) is -1.79. The van der Waals surface area contributed by atoms with Crippen molar-refractivity contribution in [3.63, 3.8) is 0 Å². The lowest BCUT2D eigenvalue weighted by atomic mass is 10.1. The predicted molar refractivity (Wildman–Crippen MR) is 110 cm³/mol. The number of esters is 1. The minimum absolute atomic E-state index is 0.0688. The third-order valence-electron chi connectivity index (χ3n) is 4.04. The van der Waals surface area contributed by atoms with Gasteiger partial charge in [0.1, 0.15) is 5.56 Å². The van der Waals surface area contributed by atoms with E-state index >= 15 is 0 Å². The topological polar surface area (TPSA) is 146 Å². The molecule has 11 heteroatoms. The van der Waals surface area contributed by atoms with Gasteiger partial charge in [-0.3, -0.25) is 19.7 Å². The molecule has 0 saturated carbocycles. The molecule has 0 aromatic heterocycles. The number of ether oxygens (including phenoxy) is 3. The zero-order valence-corrected chi connectivity index (χ0v) is 17.3. The van der Waals surface area contributed by atoms with E-state index < -0.39 is 28.6 Å². The Morgan fingerprint density at radius 1 is 0.968 bits per heavy atom. The average Bonchev–Trinajstić information content (AvgIpc) is 2.73. The zero-order chi connectivity index (χ0) is 23.1. The molecule has 0 radical (unpaired) electrons. The van der Waals surface area contributed by atoms with E-state index in [4.69, 9.17) is 14.2 Å². The highest BCUT2D eigenvalue weighted by Gasteiger charge is 2.28. The van der Waals surface area contributed by atoms with Gasteiger partial charge in [-0.25, -0.2) is 4.79 Å². The number of nitro groups is 1. The van der Waals surface area contributed by atoms with E-state index in [0.717, 1.165) is 12.1 Å². The molecular weight excluding hydrogens is 410 g/mol. The molecule has 0 saturated heterocycles. The van der Waals surface area contributed by atoms with Crippen molar-refractivity contribution in [3.8, 4) is 11.5 Å². The summed E-state index contributed by atoms with van der Waals surface area (Å²) in [6.45, 7) is 2.69. The molecule has 0 aliphatic rings. The molecule has 2 aromatic rings. The molecule has 0 heterocycles. The molecule has 164 valence electrons. The molecule has 0 spiro atoms. The van der Waals surface area contributed by atoms with Gasteiger partial charge >= 0.3 is 5.97 Å². The highest BCUT2D eigenvalue weighted by molar-refractivity contribution is 5.99. The van der Waals surface area contributed by atoms with Crippen molar-refractivity contribution in [1.29, 1.82) is 0 Å². The van der Waals surface area contributed by atoms with E-state index in [-0.39, 0.29) is 23.0 Å². The fourth-order valence-corrected chi connectivity index (χ4v) is 2.54. The summed E-state index contributed by atoms with van der Waals surface area (Å²) in [5, 5.41) is 16.5. The molecule has 0 aliphatic heterocycles. The van der Waals surface area contributed by atoms with Gasteiger partial charge in [0.15, 0.2) is 17.6 Å². The summed E-state index contributed by atoms with van der Waals surface area (Å²) in [7, 11) is 2.61. The van der Waals surface area contributed by atoms with Crippen molar-refractivity contribution in [2.75, 3.05) is 24.9 Å². The van der Waals surface area contributed by atoms with Gasteiger partial charge < -0.3 is 24.8 Å². The number of nitro benzene ring substituents is 1. The van der Waals surface area contributed by atoms with Crippen molar-refractivity contribution in [2.24, 2.45) is 0 Å². The van der Waals surface area contributed by atoms with Crippen LogP contribution in [0.15, 0.2) is 36.4 Å². The first-order valence-electron chi connectivity index (χ1n) is 8.96. The quantitative estimate of drug-likeness (QED) is 0.368. The fourth-order valence-electron chi connectivity index (χ4n) is 2.54. The summed E-state index contributed by atoms with van der Waals surface area (Å²) < 4.78 is 15.2. The Morgan fingerprint density at radius 2 is 1.48 bits per heavy atom. The zero-order valence-electron chi connectivity index (χ0n) is 17.3. The van der Waals surface area contributed by atoms with Gasteiger partial charge in [0.05, 0.1) is 25.2 Å². The lowest BCUT2D eigenvalue weighted by Crippen LogP contribution is -2.30. The van der Waals surface area contributed by atoms with Crippen LogP contribution in [0.3, 0.4) is 0 Å². The lowest BCUT2D eigenvalue weighted by molar-refractivity contribution is -0.385. The van der Waals surface area contributed by atoms with Crippen LogP contribution >= 0.6 is 0 Å². The molecule has 2 aromatic carbocycles. The number of nitrogens with zero attached hydrogens (tertiary/aromatic N) is 1. The van der Waals surface area contributed by atoms with Crippen LogP contribution in [0.4, 0.5) is 17.1 Å². The van der Waals surface area contributed by atoms with Gasteiger partial charge in [0, 0.05) is 24.4 Å². The van der Waals surface area contributed by atoms with E-state index in [1.165, 1.54) is 28.1 Å². The van der Waals surface area contributed by atoms with Crippen LogP contribution in [0.1, 0.15) is 24.2 Å². The normalized spacial score (nSPS) is 11.1. The summed E-state index contributed by atoms with van der Waals surface area (Å²) in [6.07, 6.45) is -1.25. The van der Waals surface area contributed by atoms with Crippen LogP contribution in [-0.2, 0) is 14.3 Å². The highest BCUT2D eigenvalue weighted by atomic mass is 16.6. The molecule has 11 nitrogen and oxygen atoms in total. The molecule has 1 unspecified atom stereocenters. The van der Waals surface area contributed by atoms with Crippen LogP contribution in [0.25, 0.3) is 0 Å². The smallest absolute Gasteiger partial charge is 0.346 e. The number of carbonyl (C=O) groups excluding carboxylic acids is 3. The van der Waals surface area contributed by atoms with Crippen LogP contribution in [0, 0.1) is 10.1 Å². The Balaban J connectivity index is 2.13. The minimum atomic E-state index is -1.25. The Kier molecular flexibility index (Phi) is 7.50. The average molecular weight is 431 g/mol.